The lowest BCUT2D eigenvalue weighted by molar-refractivity contribution is -0.149. The zero-order valence-electron chi connectivity index (χ0n) is 8.74. The molecule has 1 heterocycles. The predicted molar refractivity (Wildman–Crippen MR) is 63.4 cm³/mol. The standard InChI is InChI=1S/C11H15ClO2S/c1-2-4-11(13)14-9(6-7-12)10-5-3-8-15-10/h3,5,8-9H,2,4,6-7H2,1H3. The van der Waals surface area contributed by atoms with E-state index in [-0.39, 0.29) is 12.1 Å². The Balaban J connectivity index is 2.55. The smallest absolute Gasteiger partial charge is 0.306 e. The maximum absolute atomic E-state index is 11.4. The minimum Gasteiger partial charge on any atom is -0.457 e. The van der Waals surface area contributed by atoms with E-state index < -0.39 is 0 Å². The number of alkyl halides is 1. The number of carbonyl (C=O) groups is 1. The van der Waals surface area contributed by atoms with Crippen molar-refractivity contribution in [3.05, 3.63) is 22.4 Å². The summed E-state index contributed by atoms with van der Waals surface area (Å²) in [5.74, 6) is 0.364. The van der Waals surface area contributed by atoms with Gasteiger partial charge >= 0.3 is 5.97 Å². The first-order valence-corrected chi connectivity index (χ1v) is 6.48. The summed E-state index contributed by atoms with van der Waals surface area (Å²) in [6, 6.07) is 3.93. The van der Waals surface area contributed by atoms with Crippen LogP contribution in [0.1, 0.15) is 37.2 Å². The topological polar surface area (TPSA) is 26.3 Å². The number of ether oxygens (including phenoxy) is 1. The molecule has 4 heteroatoms. The predicted octanol–water partition coefficient (Wildman–Crippen LogP) is 3.76. The summed E-state index contributed by atoms with van der Waals surface area (Å²) in [5.41, 5.74) is 0. The fourth-order valence-electron chi connectivity index (χ4n) is 1.25. The molecule has 0 saturated heterocycles. The van der Waals surface area contributed by atoms with Crippen molar-refractivity contribution in [1.29, 1.82) is 0 Å². The molecule has 0 fully saturated rings. The average molecular weight is 247 g/mol. The number of thiophene rings is 1. The van der Waals surface area contributed by atoms with Gasteiger partial charge in [0.1, 0.15) is 6.10 Å². The highest BCUT2D eigenvalue weighted by atomic mass is 35.5. The molecule has 0 saturated carbocycles. The van der Waals surface area contributed by atoms with Gasteiger partial charge in [0.25, 0.3) is 0 Å². The Morgan fingerprint density at radius 3 is 3.00 bits per heavy atom. The van der Waals surface area contributed by atoms with Gasteiger partial charge in [-0.25, -0.2) is 0 Å². The number of hydrogen-bond acceptors (Lipinski definition) is 3. The van der Waals surface area contributed by atoms with E-state index in [9.17, 15) is 4.79 Å². The van der Waals surface area contributed by atoms with E-state index in [0.29, 0.717) is 18.7 Å². The largest absolute Gasteiger partial charge is 0.457 e. The van der Waals surface area contributed by atoms with Gasteiger partial charge in [-0.05, 0) is 17.9 Å². The second kappa shape index (κ2) is 6.85. The normalized spacial score (nSPS) is 12.4. The lowest BCUT2D eigenvalue weighted by Crippen LogP contribution is -2.10. The molecule has 0 aliphatic carbocycles. The summed E-state index contributed by atoms with van der Waals surface area (Å²) in [5, 5.41) is 1.98. The molecule has 0 bridgehead atoms. The number of esters is 1. The summed E-state index contributed by atoms with van der Waals surface area (Å²) in [7, 11) is 0. The third-order valence-electron chi connectivity index (χ3n) is 1.96. The molecule has 0 aliphatic heterocycles. The summed E-state index contributed by atoms with van der Waals surface area (Å²) < 4.78 is 5.36. The molecular formula is C11H15ClO2S. The van der Waals surface area contributed by atoms with Crippen molar-refractivity contribution in [2.75, 3.05) is 5.88 Å². The van der Waals surface area contributed by atoms with Crippen LogP contribution in [0.2, 0.25) is 0 Å². The van der Waals surface area contributed by atoms with Gasteiger partial charge in [-0.1, -0.05) is 13.0 Å². The van der Waals surface area contributed by atoms with Crippen molar-refractivity contribution in [2.45, 2.75) is 32.3 Å². The van der Waals surface area contributed by atoms with Gasteiger partial charge in [0.15, 0.2) is 0 Å². The van der Waals surface area contributed by atoms with Gasteiger partial charge < -0.3 is 4.74 Å². The minimum atomic E-state index is -0.165. The van der Waals surface area contributed by atoms with Crippen molar-refractivity contribution in [2.24, 2.45) is 0 Å². The molecular weight excluding hydrogens is 232 g/mol. The van der Waals surface area contributed by atoms with Crippen LogP contribution in [0.3, 0.4) is 0 Å². The van der Waals surface area contributed by atoms with Crippen LogP contribution >= 0.6 is 22.9 Å². The summed E-state index contributed by atoms with van der Waals surface area (Å²) in [6.07, 6.45) is 1.81. The van der Waals surface area contributed by atoms with E-state index in [0.717, 1.165) is 11.3 Å². The molecule has 0 amide bonds. The van der Waals surface area contributed by atoms with E-state index in [1.54, 1.807) is 11.3 Å². The van der Waals surface area contributed by atoms with Crippen LogP contribution in [-0.4, -0.2) is 11.8 Å². The van der Waals surface area contributed by atoms with Crippen LogP contribution < -0.4 is 0 Å². The molecule has 1 aromatic rings. The highest BCUT2D eigenvalue weighted by Crippen LogP contribution is 2.26. The quantitative estimate of drug-likeness (QED) is 0.564. The van der Waals surface area contributed by atoms with Crippen molar-refractivity contribution < 1.29 is 9.53 Å². The molecule has 0 N–H and O–H groups in total. The third-order valence-corrected chi connectivity index (χ3v) is 3.14. The molecule has 1 unspecified atom stereocenters. The molecule has 1 aromatic heterocycles. The van der Waals surface area contributed by atoms with Crippen LogP contribution in [0.15, 0.2) is 17.5 Å². The summed E-state index contributed by atoms with van der Waals surface area (Å²) in [6.45, 7) is 1.96. The fourth-order valence-corrected chi connectivity index (χ4v) is 2.24. The molecule has 0 radical (unpaired) electrons. The first kappa shape index (κ1) is 12.5. The van der Waals surface area contributed by atoms with E-state index in [2.05, 4.69) is 0 Å². The zero-order valence-corrected chi connectivity index (χ0v) is 10.3. The highest BCUT2D eigenvalue weighted by Gasteiger charge is 2.16. The average Bonchev–Trinajstić information content (AvgIpc) is 2.70. The van der Waals surface area contributed by atoms with Crippen molar-refractivity contribution in [3.8, 4) is 0 Å². The van der Waals surface area contributed by atoms with Crippen molar-refractivity contribution in [1.82, 2.24) is 0 Å². The lowest BCUT2D eigenvalue weighted by atomic mass is 10.2. The van der Waals surface area contributed by atoms with Crippen molar-refractivity contribution >= 4 is 28.9 Å². The molecule has 1 atom stereocenters. The molecule has 84 valence electrons. The maximum atomic E-state index is 11.4. The molecule has 0 aromatic carbocycles. The Hall–Kier alpha value is -0.540. The zero-order chi connectivity index (χ0) is 11.1. The Morgan fingerprint density at radius 2 is 2.47 bits per heavy atom. The maximum Gasteiger partial charge on any atom is 0.306 e. The Morgan fingerprint density at radius 1 is 1.67 bits per heavy atom. The van der Waals surface area contributed by atoms with Gasteiger partial charge in [0.05, 0.1) is 0 Å². The number of carbonyl (C=O) groups excluding carboxylic acids is 1. The number of halogens is 1. The Bertz CT molecular complexity index is 285. The van der Waals surface area contributed by atoms with Gasteiger partial charge in [-0.15, -0.1) is 22.9 Å². The Kier molecular flexibility index (Phi) is 5.73. The Labute approximate surface area is 99.2 Å². The highest BCUT2D eigenvalue weighted by molar-refractivity contribution is 7.10. The summed E-state index contributed by atoms with van der Waals surface area (Å²) in [4.78, 5) is 12.4. The van der Waals surface area contributed by atoms with Crippen LogP contribution in [0.25, 0.3) is 0 Å². The lowest BCUT2D eigenvalue weighted by Gasteiger charge is -2.15. The molecule has 1 rings (SSSR count). The molecule has 2 nitrogen and oxygen atoms in total. The number of hydrogen-bond donors (Lipinski definition) is 0. The van der Waals surface area contributed by atoms with Gasteiger partial charge in [-0.2, -0.15) is 0 Å². The van der Waals surface area contributed by atoms with Crippen LogP contribution in [-0.2, 0) is 9.53 Å². The second-order valence-electron chi connectivity index (χ2n) is 3.22. The third kappa shape index (κ3) is 4.22. The van der Waals surface area contributed by atoms with E-state index in [1.807, 2.05) is 24.4 Å². The van der Waals surface area contributed by atoms with Gasteiger partial charge in [0, 0.05) is 23.6 Å². The van der Waals surface area contributed by atoms with E-state index >= 15 is 0 Å². The van der Waals surface area contributed by atoms with Crippen LogP contribution in [0.4, 0.5) is 0 Å². The van der Waals surface area contributed by atoms with Crippen LogP contribution in [0, 0.1) is 0 Å². The van der Waals surface area contributed by atoms with E-state index in [4.69, 9.17) is 16.3 Å². The first-order valence-electron chi connectivity index (χ1n) is 5.06. The number of rotatable bonds is 6. The molecule has 0 spiro atoms. The van der Waals surface area contributed by atoms with E-state index in [1.165, 1.54) is 0 Å². The fraction of sp³-hybridized carbons (Fsp3) is 0.545. The molecule has 0 aliphatic rings. The SMILES string of the molecule is CCCC(=O)OC(CCCl)c1cccs1. The minimum absolute atomic E-state index is 0.138. The monoisotopic (exact) mass is 246 g/mol. The first-order chi connectivity index (χ1) is 7.27. The summed E-state index contributed by atoms with van der Waals surface area (Å²) >= 11 is 7.28. The van der Waals surface area contributed by atoms with Gasteiger partial charge in [-0.3, -0.25) is 4.79 Å². The van der Waals surface area contributed by atoms with Crippen LogP contribution in [0.5, 0.6) is 0 Å². The second-order valence-corrected chi connectivity index (χ2v) is 4.58. The van der Waals surface area contributed by atoms with Gasteiger partial charge in [0.2, 0.25) is 0 Å². The van der Waals surface area contributed by atoms with Crippen molar-refractivity contribution in [3.63, 3.8) is 0 Å². The molecule has 15 heavy (non-hydrogen) atoms.